The number of aryl methyl sites for hydroxylation is 1. The molecule has 5 rings (SSSR count). The lowest BCUT2D eigenvalue weighted by Crippen LogP contribution is -1.94. The summed E-state index contributed by atoms with van der Waals surface area (Å²) in [6.45, 7) is 2.00. The van der Waals surface area contributed by atoms with Crippen LogP contribution in [0.5, 0.6) is 0 Å². The number of furan rings is 1. The minimum Gasteiger partial charge on any atom is -0.456 e. The Balaban J connectivity index is 1.70. The van der Waals surface area contributed by atoms with Gasteiger partial charge in [-0.3, -0.25) is 0 Å². The minimum atomic E-state index is 0.748. The molecule has 0 bridgehead atoms. The van der Waals surface area contributed by atoms with Crippen molar-refractivity contribution in [2.75, 3.05) is 0 Å². The van der Waals surface area contributed by atoms with Gasteiger partial charge in [-0.15, -0.1) is 0 Å². The van der Waals surface area contributed by atoms with E-state index < -0.39 is 0 Å². The number of benzene rings is 3. The van der Waals surface area contributed by atoms with E-state index in [-0.39, 0.29) is 0 Å². The van der Waals surface area contributed by atoms with Crippen LogP contribution in [0.1, 0.15) is 5.69 Å². The van der Waals surface area contributed by atoms with Crippen LogP contribution in [0.25, 0.3) is 44.6 Å². The van der Waals surface area contributed by atoms with Gasteiger partial charge in [-0.2, -0.15) is 0 Å². The van der Waals surface area contributed by atoms with Gasteiger partial charge in [0, 0.05) is 27.6 Å². The highest BCUT2D eigenvalue weighted by Crippen LogP contribution is 2.32. The van der Waals surface area contributed by atoms with Crippen molar-refractivity contribution in [1.82, 2.24) is 9.97 Å². The number of nitrogens with zero attached hydrogens (tertiary/aromatic N) is 2. The lowest BCUT2D eigenvalue weighted by Gasteiger charge is -2.07. The van der Waals surface area contributed by atoms with Gasteiger partial charge in [-0.1, -0.05) is 48.5 Å². The minimum absolute atomic E-state index is 0.748. The van der Waals surface area contributed by atoms with Crippen molar-refractivity contribution in [2.24, 2.45) is 0 Å². The molecule has 26 heavy (non-hydrogen) atoms. The van der Waals surface area contributed by atoms with Crippen LogP contribution in [0.3, 0.4) is 0 Å². The topological polar surface area (TPSA) is 38.9 Å². The van der Waals surface area contributed by atoms with Gasteiger partial charge >= 0.3 is 0 Å². The Kier molecular flexibility index (Phi) is 3.32. The maximum absolute atomic E-state index is 5.93. The van der Waals surface area contributed by atoms with Gasteiger partial charge in [-0.05, 0) is 37.3 Å². The monoisotopic (exact) mass is 336 g/mol. The molecule has 0 N–H and O–H groups in total. The molecule has 0 aliphatic carbocycles. The average molecular weight is 336 g/mol. The zero-order valence-electron chi connectivity index (χ0n) is 14.3. The van der Waals surface area contributed by atoms with Crippen LogP contribution in [-0.2, 0) is 0 Å². The van der Waals surface area contributed by atoms with E-state index in [1.807, 2.05) is 67.6 Å². The second kappa shape index (κ2) is 5.81. The summed E-state index contributed by atoms with van der Waals surface area (Å²) in [7, 11) is 0. The molecule has 0 fully saturated rings. The highest BCUT2D eigenvalue weighted by molar-refractivity contribution is 6.06. The SMILES string of the molecule is Cc1cc(-c2ccc3oc4ccccc4c3c2)nc(-c2ccccc2)n1. The van der Waals surface area contributed by atoms with Crippen molar-refractivity contribution in [2.45, 2.75) is 6.92 Å². The van der Waals surface area contributed by atoms with Gasteiger partial charge in [-0.25, -0.2) is 9.97 Å². The summed E-state index contributed by atoms with van der Waals surface area (Å²) in [6.07, 6.45) is 0. The number of rotatable bonds is 2. The van der Waals surface area contributed by atoms with E-state index >= 15 is 0 Å². The first-order valence-corrected chi connectivity index (χ1v) is 8.61. The molecule has 3 aromatic carbocycles. The van der Waals surface area contributed by atoms with Gasteiger partial charge in [0.2, 0.25) is 0 Å². The molecule has 3 heteroatoms. The third-order valence-corrected chi connectivity index (χ3v) is 4.56. The van der Waals surface area contributed by atoms with Gasteiger partial charge < -0.3 is 4.42 Å². The molecule has 0 radical (unpaired) electrons. The molecule has 0 saturated carbocycles. The fourth-order valence-corrected chi connectivity index (χ4v) is 3.32. The molecule has 5 aromatic rings. The molecular formula is C23H16N2O. The van der Waals surface area contributed by atoms with Gasteiger partial charge in [0.25, 0.3) is 0 Å². The molecule has 0 aliphatic heterocycles. The van der Waals surface area contributed by atoms with Crippen molar-refractivity contribution >= 4 is 21.9 Å². The van der Waals surface area contributed by atoms with Crippen LogP contribution in [0, 0.1) is 6.92 Å². The fraction of sp³-hybridized carbons (Fsp3) is 0.0435. The van der Waals surface area contributed by atoms with Crippen LogP contribution in [0.15, 0.2) is 83.3 Å². The highest BCUT2D eigenvalue weighted by Gasteiger charge is 2.11. The highest BCUT2D eigenvalue weighted by atomic mass is 16.3. The first-order valence-electron chi connectivity index (χ1n) is 8.61. The molecule has 0 unspecified atom stereocenters. The third-order valence-electron chi connectivity index (χ3n) is 4.56. The standard InChI is InChI=1S/C23H16N2O/c1-15-13-20(25-23(24-15)16-7-3-2-4-8-16)17-11-12-22-19(14-17)18-9-5-6-10-21(18)26-22/h2-14H,1H3. The third kappa shape index (κ3) is 2.45. The summed E-state index contributed by atoms with van der Waals surface area (Å²) in [6, 6.07) is 26.4. The predicted molar refractivity (Wildman–Crippen MR) is 105 cm³/mol. The second-order valence-corrected chi connectivity index (χ2v) is 6.39. The van der Waals surface area contributed by atoms with Crippen molar-refractivity contribution < 1.29 is 4.42 Å². The number of hydrogen-bond acceptors (Lipinski definition) is 3. The van der Waals surface area contributed by atoms with E-state index in [1.54, 1.807) is 0 Å². The molecule has 3 nitrogen and oxygen atoms in total. The molecule has 0 atom stereocenters. The first kappa shape index (κ1) is 14.8. The maximum Gasteiger partial charge on any atom is 0.160 e. The van der Waals surface area contributed by atoms with E-state index in [4.69, 9.17) is 9.40 Å². The van der Waals surface area contributed by atoms with E-state index in [0.29, 0.717) is 0 Å². The summed E-state index contributed by atoms with van der Waals surface area (Å²) in [4.78, 5) is 9.41. The largest absolute Gasteiger partial charge is 0.456 e. The molecular weight excluding hydrogens is 320 g/mol. The summed E-state index contributed by atoms with van der Waals surface area (Å²) >= 11 is 0. The van der Waals surface area contributed by atoms with Crippen LogP contribution in [0.2, 0.25) is 0 Å². The van der Waals surface area contributed by atoms with Crippen LogP contribution >= 0.6 is 0 Å². The van der Waals surface area contributed by atoms with E-state index in [1.165, 1.54) is 0 Å². The van der Waals surface area contributed by atoms with Crippen LogP contribution in [0.4, 0.5) is 0 Å². The Morgan fingerprint density at radius 2 is 1.42 bits per heavy atom. The molecule has 2 aromatic heterocycles. The number of aromatic nitrogens is 2. The van der Waals surface area contributed by atoms with Crippen molar-refractivity contribution in [3.63, 3.8) is 0 Å². The number of para-hydroxylation sites is 1. The molecule has 0 aliphatic rings. The fourth-order valence-electron chi connectivity index (χ4n) is 3.32. The van der Waals surface area contributed by atoms with Crippen LogP contribution in [-0.4, -0.2) is 9.97 Å². The summed E-state index contributed by atoms with van der Waals surface area (Å²) in [5, 5.41) is 2.23. The van der Waals surface area contributed by atoms with Crippen molar-refractivity contribution in [3.8, 4) is 22.6 Å². The number of fused-ring (bicyclic) bond motifs is 3. The predicted octanol–water partition coefficient (Wildman–Crippen LogP) is 6.02. The van der Waals surface area contributed by atoms with E-state index in [2.05, 4.69) is 23.2 Å². The maximum atomic E-state index is 5.93. The normalized spacial score (nSPS) is 11.3. The van der Waals surface area contributed by atoms with E-state index in [0.717, 1.165) is 50.3 Å². The van der Waals surface area contributed by atoms with Crippen LogP contribution < -0.4 is 0 Å². The summed E-state index contributed by atoms with van der Waals surface area (Å²) in [5.41, 5.74) is 5.75. The zero-order valence-corrected chi connectivity index (χ0v) is 14.3. The Bertz CT molecular complexity index is 1240. The quantitative estimate of drug-likeness (QED) is 0.396. The zero-order chi connectivity index (χ0) is 17.5. The number of hydrogen-bond donors (Lipinski definition) is 0. The first-order chi connectivity index (χ1) is 12.8. The molecule has 0 amide bonds. The van der Waals surface area contributed by atoms with E-state index in [9.17, 15) is 0 Å². The van der Waals surface area contributed by atoms with Gasteiger partial charge in [0.15, 0.2) is 5.82 Å². The molecule has 124 valence electrons. The average Bonchev–Trinajstić information content (AvgIpc) is 3.06. The second-order valence-electron chi connectivity index (χ2n) is 6.39. The smallest absolute Gasteiger partial charge is 0.160 e. The molecule has 0 saturated heterocycles. The Labute approximate surface area is 151 Å². The van der Waals surface area contributed by atoms with Crippen molar-refractivity contribution in [1.29, 1.82) is 0 Å². The van der Waals surface area contributed by atoms with Gasteiger partial charge in [0.05, 0.1) is 5.69 Å². The molecule has 2 heterocycles. The van der Waals surface area contributed by atoms with Crippen molar-refractivity contribution in [3.05, 3.63) is 84.6 Å². The summed E-state index contributed by atoms with van der Waals surface area (Å²) < 4.78 is 5.93. The van der Waals surface area contributed by atoms with Gasteiger partial charge in [0.1, 0.15) is 11.2 Å². The Hall–Kier alpha value is -3.46. The summed E-state index contributed by atoms with van der Waals surface area (Å²) in [5.74, 6) is 0.748. The lowest BCUT2D eigenvalue weighted by atomic mass is 10.1. The Morgan fingerprint density at radius 1 is 0.654 bits per heavy atom. The molecule has 0 spiro atoms. The Morgan fingerprint density at radius 3 is 2.31 bits per heavy atom. The lowest BCUT2D eigenvalue weighted by molar-refractivity contribution is 0.669.